The topological polar surface area (TPSA) is 147 Å². The van der Waals surface area contributed by atoms with Gasteiger partial charge in [-0.05, 0) is 127 Å². The fraction of sp³-hybridized carbons (Fsp3) is 0.478. The fourth-order valence-electron chi connectivity index (χ4n) is 12.5. The van der Waals surface area contributed by atoms with Crippen molar-refractivity contribution < 1.29 is 23.9 Å². The van der Waals surface area contributed by atoms with Crippen molar-refractivity contribution in [1.82, 2.24) is 35.1 Å². The first-order valence-electron chi connectivity index (χ1n) is 29.9. The van der Waals surface area contributed by atoms with E-state index in [1.807, 2.05) is 158 Å². The summed E-state index contributed by atoms with van der Waals surface area (Å²) in [6.07, 6.45) is 13.1. The van der Waals surface area contributed by atoms with Crippen LogP contribution in [0.1, 0.15) is 114 Å². The minimum absolute atomic E-state index is 0. The van der Waals surface area contributed by atoms with E-state index in [0.29, 0.717) is 52.5 Å². The smallest absolute Gasteiger partial charge is 0.336 e. The maximum atomic E-state index is 14.2. The molecule has 6 atom stereocenters. The molecular weight excluding hydrogens is 1160 g/mol. The number of nitrogens with one attached hydrogen (secondary N) is 2. The Morgan fingerprint density at radius 3 is 1.41 bits per heavy atom. The third kappa shape index (κ3) is 15.1. The van der Waals surface area contributed by atoms with Gasteiger partial charge in [-0.2, -0.15) is 0 Å². The molecule has 2 N–H and O–H groups in total. The standard InChI is InChI=1S/C26H31ClN4O2.C24H27ClN4O.C16H19ClN2O2.3CH4/c27-23-10-8-21(9-11-23)24-26(22-4-2-1-3-5-22,29-19-31(24)18-20-6-7-20)25(32)28-12-13-30-14-16-33-17-15-30;25-21-10-8-19(9-11-21)22-24(20-4-2-1-3-5-20,23(30)28-14-12-26-13-15-28)27-17-29(22)16-18-6-7-18;1-16(15(20)21-2)14(12-5-7-13(17)8-6-12)19(10-18-16)9-11-3-4-11;;;/h1-5,8-11,19-20,24H,6-7,12-18H2,(H,28,32);1-5,8-11,17-18,22,26H,6-7,12-16H2;5-8,10-11,14H,3-4,9H2,1-2H3;3*1H4. The molecule has 87 heavy (non-hydrogen) atoms. The molecule has 8 aliphatic rings. The van der Waals surface area contributed by atoms with Gasteiger partial charge in [0, 0.05) is 87.1 Å². The maximum absolute atomic E-state index is 14.2. The zero-order chi connectivity index (χ0) is 58.3. The van der Waals surface area contributed by atoms with Gasteiger partial charge in [0.2, 0.25) is 0 Å². The van der Waals surface area contributed by atoms with Crippen LogP contribution in [0.15, 0.2) is 148 Å². The molecule has 0 aromatic heterocycles. The average Bonchev–Trinajstić information content (AvgIpc) is 1.75. The Hall–Kier alpha value is -6.33. The van der Waals surface area contributed by atoms with Gasteiger partial charge in [0.25, 0.3) is 11.8 Å². The molecule has 2 amide bonds. The van der Waals surface area contributed by atoms with Crippen LogP contribution in [0.5, 0.6) is 0 Å². The van der Waals surface area contributed by atoms with Gasteiger partial charge in [0.15, 0.2) is 16.6 Å². The largest absolute Gasteiger partial charge is 0.467 e. The number of piperazine rings is 1. The Morgan fingerprint density at radius 2 is 0.966 bits per heavy atom. The highest BCUT2D eigenvalue weighted by molar-refractivity contribution is 6.31. The molecule has 5 fully saturated rings. The molecule has 6 unspecified atom stereocenters. The van der Waals surface area contributed by atoms with E-state index in [-0.39, 0.29) is 58.2 Å². The molecule has 5 aliphatic heterocycles. The molecule has 5 aromatic carbocycles. The van der Waals surface area contributed by atoms with Gasteiger partial charge >= 0.3 is 5.97 Å². The summed E-state index contributed by atoms with van der Waals surface area (Å²) in [7, 11) is 1.41. The third-order valence-electron chi connectivity index (χ3n) is 17.6. The molecule has 0 bridgehead atoms. The lowest BCUT2D eigenvalue weighted by molar-refractivity contribution is -0.147. The summed E-state index contributed by atoms with van der Waals surface area (Å²) in [6.45, 7) is 12.4. The number of carbonyl (C=O) groups excluding carboxylic acids is 3. The first-order chi connectivity index (χ1) is 40.9. The average molecular weight is 1240 g/mol. The number of ether oxygens (including phenoxy) is 2. The number of nitrogens with zero attached hydrogens (tertiary/aromatic N) is 8. The van der Waals surface area contributed by atoms with Crippen LogP contribution in [0.3, 0.4) is 0 Å². The number of halogens is 3. The zero-order valence-corrected chi connectivity index (χ0v) is 50.4. The van der Waals surface area contributed by atoms with Crippen LogP contribution in [-0.2, 0) is 34.9 Å². The maximum Gasteiger partial charge on any atom is 0.336 e. The molecule has 0 spiro atoms. The van der Waals surface area contributed by atoms with Gasteiger partial charge in [0.1, 0.15) is 0 Å². The highest BCUT2D eigenvalue weighted by atomic mass is 35.5. The van der Waals surface area contributed by atoms with Crippen molar-refractivity contribution in [3.63, 3.8) is 0 Å². The summed E-state index contributed by atoms with van der Waals surface area (Å²) in [5, 5.41) is 8.64. The lowest BCUT2D eigenvalue weighted by Crippen LogP contribution is -2.55. The normalized spacial score (nSPS) is 25.4. The Kier molecular flexibility index (Phi) is 22.8. The second-order valence-corrected chi connectivity index (χ2v) is 25.0. The number of aliphatic imine (C=N–C) groups is 3. The van der Waals surface area contributed by atoms with Crippen LogP contribution in [-0.4, -0.2) is 159 Å². The van der Waals surface area contributed by atoms with Gasteiger partial charge in [-0.25, -0.2) is 4.79 Å². The van der Waals surface area contributed by atoms with Crippen molar-refractivity contribution in [1.29, 1.82) is 0 Å². The molecule has 3 aliphatic carbocycles. The van der Waals surface area contributed by atoms with Crippen LogP contribution in [0.2, 0.25) is 15.1 Å². The molecule has 0 radical (unpaired) electrons. The highest BCUT2D eigenvalue weighted by Crippen LogP contribution is 2.51. The van der Waals surface area contributed by atoms with E-state index in [1.165, 1.54) is 45.6 Å². The highest BCUT2D eigenvalue weighted by Gasteiger charge is 2.57. The summed E-state index contributed by atoms with van der Waals surface area (Å²) in [5.74, 6) is 1.79. The SMILES string of the molecule is C.C.C.COC(=O)C1(C)N=CN(CC2CC2)C1c1ccc(Cl)cc1.O=C(N1CCNCC1)C1(c2ccccc2)N=CN(CC2CC2)C1c1ccc(Cl)cc1.O=C(NCCN1CCOCC1)C1(c2ccccc2)N=CN(CC2CC2)C1c1ccc(Cl)cc1. The molecule has 466 valence electrons. The lowest BCUT2D eigenvalue weighted by atomic mass is 9.78. The lowest BCUT2D eigenvalue weighted by Gasteiger charge is -2.41. The first kappa shape index (κ1) is 66.6. The Balaban J connectivity index is 0.000000170. The summed E-state index contributed by atoms with van der Waals surface area (Å²) < 4.78 is 10.4. The number of hydrogen-bond donors (Lipinski definition) is 2. The van der Waals surface area contributed by atoms with Crippen molar-refractivity contribution in [2.75, 3.05) is 92.3 Å². The Bertz CT molecular complexity index is 3120. The van der Waals surface area contributed by atoms with Gasteiger partial charge in [-0.3, -0.25) is 29.5 Å². The van der Waals surface area contributed by atoms with Gasteiger partial charge in [0.05, 0.1) is 57.5 Å². The van der Waals surface area contributed by atoms with Crippen LogP contribution < -0.4 is 10.6 Å². The number of rotatable bonds is 17. The van der Waals surface area contributed by atoms with Crippen LogP contribution >= 0.6 is 34.8 Å². The minimum Gasteiger partial charge on any atom is -0.467 e. The Labute approximate surface area is 531 Å². The van der Waals surface area contributed by atoms with Gasteiger partial charge < -0.3 is 39.7 Å². The quantitative estimate of drug-likeness (QED) is 0.0863. The third-order valence-corrected chi connectivity index (χ3v) is 18.3. The number of morpholine rings is 1. The van der Waals surface area contributed by atoms with E-state index in [4.69, 9.17) is 54.3 Å². The van der Waals surface area contributed by atoms with Gasteiger partial charge in [-0.1, -0.05) is 154 Å². The van der Waals surface area contributed by atoms with E-state index in [1.54, 1.807) is 6.34 Å². The van der Waals surface area contributed by atoms with E-state index in [9.17, 15) is 14.4 Å². The predicted molar refractivity (Wildman–Crippen MR) is 353 cm³/mol. The zero-order valence-electron chi connectivity index (χ0n) is 48.1. The number of esters is 1. The van der Waals surface area contributed by atoms with E-state index in [2.05, 4.69) is 35.2 Å². The molecule has 5 heterocycles. The number of carbonyl (C=O) groups is 3. The first-order valence-corrected chi connectivity index (χ1v) is 31.0. The second kappa shape index (κ2) is 29.8. The van der Waals surface area contributed by atoms with Crippen molar-refractivity contribution in [2.45, 2.75) is 102 Å². The van der Waals surface area contributed by atoms with Crippen molar-refractivity contribution in [2.24, 2.45) is 32.7 Å². The van der Waals surface area contributed by atoms with Crippen molar-refractivity contribution in [3.8, 4) is 0 Å². The Morgan fingerprint density at radius 1 is 0.563 bits per heavy atom. The molecule has 5 aromatic rings. The molecule has 18 heteroatoms. The number of hydrogen-bond acceptors (Lipinski definition) is 13. The number of benzene rings is 5. The minimum atomic E-state index is -1.05. The van der Waals surface area contributed by atoms with E-state index in [0.717, 1.165) is 93.4 Å². The number of methoxy groups -OCH3 is 1. The summed E-state index contributed by atoms with van der Waals surface area (Å²) in [5.41, 5.74) is 2.07. The van der Waals surface area contributed by atoms with Crippen molar-refractivity contribution in [3.05, 3.63) is 176 Å². The molecule has 13 rings (SSSR count). The molecule has 2 saturated heterocycles. The summed E-state index contributed by atoms with van der Waals surface area (Å²) >= 11 is 18.4. The van der Waals surface area contributed by atoms with E-state index < -0.39 is 16.6 Å². The predicted octanol–water partition coefficient (Wildman–Crippen LogP) is 11.9. The monoisotopic (exact) mass is 1240 g/mol. The van der Waals surface area contributed by atoms with Crippen LogP contribution in [0, 0.1) is 17.8 Å². The van der Waals surface area contributed by atoms with Crippen LogP contribution in [0.25, 0.3) is 0 Å². The summed E-state index contributed by atoms with van der Waals surface area (Å²) in [6, 6.07) is 42.9. The van der Waals surface area contributed by atoms with Gasteiger partial charge in [-0.15, -0.1) is 0 Å². The molecule has 15 nitrogen and oxygen atoms in total. The second-order valence-electron chi connectivity index (χ2n) is 23.7. The molecule has 3 saturated carbocycles. The summed E-state index contributed by atoms with van der Waals surface area (Å²) in [4.78, 5) is 65.8. The number of amides is 2. The van der Waals surface area contributed by atoms with Crippen molar-refractivity contribution >= 4 is 71.6 Å². The molecular formula is C69H89Cl3N10O5. The van der Waals surface area contributed by atoms with E-state index >= 15 is 0 Å². The van der Waals surface area contributed by atoms with Crippen LogP contribution in [0.4, 0.5) is 0 Å². The fourth-order valence-corrected chi connectivity index (χ4v) is 12.9.